The molecule has 0 spiro atoms. The van der Waals surface area contributed by atoms with Crippen molar-refractivity contribution in [3.63, 3.8) is 0 Å². The summed E-state index contributed by atoms with van der Waals surface area (Å²) in [4.78, 5) is 22.0. The number of fused-ring (bicyclic) bond motifs is 2. The quantitative estimate of drug-likeness (QED) is 0.273. The van der Waals surface area contributed by atoms with Crippen LogP contribution >= 0.6 is 12.2 Å². The van der Waals surface area contributed by atoms with Crippen LogP contribution in [0.4, 0.5) is 0 Å². The minimum absolute atomic E-state index is 0.0657. The molecule has 3 heterocycles. The zero-order chi connectivity index (χ0) is 26.0. The molecule has 11 heteroatoms. The van der Waals surface area contributed by atoms with Crippen molar-refractivity contribution < 1.29 is 17.9 Å². The molecular formula is C26H27N5O4S2. The van der Waals surface area contributed by atoms with E-state index in [2.05, 4.69) is 20.0 Å². The number of esters is 1. The topological polar surface area (TPSA) is 115 Å². The monoisotopic (exact) mass is 537 g/mol. The Balaban J connectivity index is 1.36. The van der Waals surface area contributed by atoms with Gasteiger partial charge in [-0.15, -0.1) is 0 Å². The summed E-state index contributed by atoms with van der Waals surface area (Å²) in [6, 6.07) is 10.3. The minimum atomic E-state index is -3.93. The molecule has 1 aliphatic carbocycles. The molecule has 37 heavy (non-hydrogen) atoms. The zero-order valence-electron chi connectivity index (χ0n) is 20.3. The van der Waals surface area contributed by atoms with Gasteiger partial charge in [0.1, 0.15) is 18.3 Å². The van der Waals surface area contributed by atoms with Crippen molar-refractivity contribution in [3.05, 3.63) is 72.9 Å². The Bertz CT molecular complexity index is 1590. The summed E-state index contributed by atoms with van der Waals surface area (Å²) in [7, 11) is -2.16. The molecule has 192 valence electrons. The highest BCUT2D eigenvalue weighted by Crippen LogP contribution is 2.42. The van der Waals surface area contributed by atoms with E-state index in [-0.39, 0.29) is 4.90 Å². The van der Waals surface area contributed by atoms with Crippen LogP contribution in [0.1, 0.15) is 31.2 Å². The van der Waals surface area contributed by atoms with Gasteiger partial charge in [-0.3, -0.25) is 9.78 Å². The Hall–Kier alpha value is -3.41. The Morgan fingerprint density at radius 3 is 2.89 bits per heavy atom. The van der Waals surface area contributed by atoms with E-state index in [1.54, 1.807) is 43.8 Å². The van der Waals surface area contributed by atoms with E-state index in [9.17, 15) is 13.2 Å². The maximum atomic E-state index is 13.0. The first-order chi connectivity index (χ1) is 17.8. The largest absolute Gasteiger partial charge is 0.460 e. The van der Waals surface area contributed by atoms with Crippen molar-refractivity contribution in [2.45, 2.75) is 42.1 Å². The SMILES string of the molecule is CNC(=S)C1(c2ccc3nccn3c2)CCCCC1OC(=O)CNS(=O)(=O)c1ccc2cnccc2c1. The zero-order valence-corrected chi connectivity index (χ0v) is 21.9. The second-order valence-corrected chi connectivity index (χ2v) is 11.3. The van der Waals surface area contributed by atoms with Gasteiger partial charge in [0.25, 0.3) is 0 Å². The highest BCUT2D eigenvalue weighted by atomic mass is 32.2. The number of sulfonamides is 1. The summed E-state index contributed by atoms with van der Waals surface area (Å²) < 4.78 is 36.0. The van der Waals surface area contributed by atoms with Gasteiger partial charge < -0.3 is 14.5 Å². The van der Waals surface area contributed by atoms with Crippen LogP contribution in [0.25, 0.3) is 16.4 Å². The van der Waals surface area contributed by atoms with Gasteiger partial charge in [0, 0.05) is 43.4 Å². The Morgan fingerprint density at radius 2 is 2.05 bits per heavy atom. The van der Waals surface area contributed by atoms with E-state index in [0.29, 0.717) is 17.8 Å². The van der Waals surface area contributed by atoms with E-state index < -0.39 is 34.1 Å². The minimum Gasteiger partial charge on any atom is -0.460 e. The summed E-state index contributed by atoms with van der Waals surface area (Å²) in [6.07, 6.45) is 11.4. The fraction of sp³-hybridized carbons (Fsp3) is 0.308. The fourth-order valence-corrected chi connectivity index (χ4v) is 6.45. The molecule has 3 aromatic heterocycles. The van der Waals surface area contributed by atoms with Crippen LogP contribution in [0.2, 0.25) is 0 Å². The molecule has 1 aliphatic rings. The highest BCUT2D eigenvalue weighted by Gasteiger charge is 2.48. The van der Waals surface area contributed by atoms with E-state index in [1.165, 1.54) is 6.07 Å². The number of benzene rings is 1. The molecule has 9 nitrogen and oxygen atoms in total. The first-order valence-electron chi connectivity index (χ1n) is 12.0. The van der Waals surface area contributed by atoms with Crippen LogP contribution in [-0.2, 0) is 25.0 Å². The van der Waals surface area contributed by atoms with Crippen molar-refractivity contribution in [1.29, 1.82) is 0 Å². The lowest BCUT2D eigenvalue weighted by Gasteiger charge is -2.44. The summed E-state index contributed by atoms with van der Waals surface area (Å²) in [6.45, 7) is -0.490. The number of rotatable bonds is 7. The molecule has 2 N–H and O–H groups in total. The summed E-state index contributed by atoms with van der Waals surface area (Å²) in [5.41, 5.74) is 0.987. The second kappa shape index (κ2) is 10.2. The number of hydrogen-bond donors (Lipinski definition) is 2. The van der Waals surface area contributed by atoms with Gasteiger partial charge in [0.2, 0.25) is 10.0 Å². The van der Waals surface area contributed by atoms with Gasteiger partial charge in [-0.1, -0.05) is 30.8 Å². The molecule has 0 radical (unpaired) electrons. The summed E-state index contributed by atoms with van der Waals surface area (Å²) in [5.74, 6) is -0.660. The van der Waals surface area contributed by atoms with Crippen LogP contribution in [0, 0.1) is 0 Å². The maximum absolute atomic E-state index is 13.0. The van der Waals surface area contributed by atoms with Gasteiger partial charge in [0.15, 0.2) is 0 Å². The molecule has 1 aromatic carbocycles. The molecule has 5 rings (SSSR count). The van der Waals surface area contributed by atoms with E-state index in [4.69, 9.17) is 17.0 Å². The Kier molecular flexibility index (Phi) is 6.93. The van der Waals surface area contributed by atoms with Gasteiger partial charge in [-0.05, 0) is 54.5 Å². The molecule has 0 saturated heterocycles. The van der Waals surface area contributed by atoms with Crippen molar-refractivity contribution in [1.82, 2.24) is 24.4 Å². The standard InChI is InChI=1S/C26H27N5O4S2/c1-27-25(36)26(20-6-8-23-29-12-13-31(23)17-20)10-3-2-4-22(26)35-24(32)16-30-37(33,34)21-7-5-19-15-28-11-9-18(19)14-21/h5-9,11-15,17,22,30H,2-4,10,16H2,1H3,(H,27,36). The number of ether oxygens (including phenoxy) is 1. The molecule has 4 aromatic rings. The molecular weight excluding hydrogens is 510 g/mol. The van der Waals surface area contributed by atoms with Gasteiger partial charge in [0.05, 0.1) is 15.3 Å². The van der Waals surface area contributed by atoms with Crippen molar-refractivity contribution in [2.75, 3.05) is 13.6 Å². The predicted octanol–water partition coefficient (Wildman–Crippen LogP) is 3.13. The number of nitrogens with one attached hydrogen (secondary N) is 2. The highest BCUT2D eigenvalue weighted by molar-refractivity contribution is 7.89. The molecule has 1 fully saturated rings. The number of thiocarbonyl (C=S) groups is 1. The number of likely N-dealkylation sites (N-methyl/N-ethyl adjacent to an activating group) is 1. The third kappa shape index (κ3) is 4.81. The molecule has 0 aliphatic heterocycles. The lowest BCUT2D eigenvalue weighted by molar-refractivity contribution is -0.151. The van der Waals surface area contributed by atoms with E-state index >= 15 is 0 Å². The first-order valence-corrected chi connectivity index (χ1v) is 13.9. The number of imidazole rings is 1. The first kappa shape index (κ1) is 25.2. The van der Waals surface area contributed by atoms with Gasteiger partial charge >= 0.3 is 5.97 Å². The fourth-order valence-electron chi connectivity index (χ4n) is 5.09. The molecule has 0 bridgehead atoms. The number of aromatic nitrogens is 3. The van der Waals surface area contributed by atoms with Crippen LogP contribution in [-0.4, -0.2) is 53.4 Å². The predicted molar refractivity (Wildman–Crippen MR) is 144 cm³/mol. The van der Waals surface area contributed by atoms with Crippen molar-refractivity contribution in [2.24, 2.45) is 0 Å². The van der Waals surface area contributed by atoms with Gasteiger partial charge in [-0.2, -0.15) is 4.72 Å². The molecule has 1 saturated carbocycles. The van der Waals surface area contributed by atoms with Crippen LogP contribution in [0.15, 0.2) is 72.3 Å². The molecule has 2 atom stereocenters. The van der Waals surface area contributed by atoms with Crippen LogP contribution in [0.3, 0.4) is 0 Å². The normalized spacial score (nSPS) is 20.1. The lowest BCUT2D eigenvalue weighted by Crippen LogP contribution is -2.54. The third-order valence-electron chi connectivity index (χ3n) is 6.98. The van der Waals surface area contributed by atoms with Crippen LogP contribution < -0.4 is 10.0 Å². The van der Waals surface area contributed by atoms with Gasteiger partial charge in [-0.25, -0.2) is 13.4 Å². The summed E-state index contributed by atoms with van der Waals surface area (Å²) in [5, 5.41) is 4.67. The van der Waals surface area contributed by atoms with Crippen molar-refractivity contribution in [3.8, 4) is 0 Å². The smallest absolute Gasteiger partial charge is 0.321 e. The number of pyridine rings is 2. The maximum Gasteiger partial charge on any atom is 0.321 e. The number of carbonyl (C=O) groups excluding carboxylic acids is 1. The molecule has 0 amide bonds. The van der Waals surface area contributed by atoms with Crippen LogP contribution in [0.5, 0.6) is 0 Å². The Labute approximate surface area is 220 Å². The lowest BCUT2D eigenvalue weighted by atomic mass is 9.67. The van der Waals surface area contributed by atoms with E-state index in [1.807, 2.05) is 28.9 Å². The second-order valence-electron chi connectivity index (χ2n) is 9.09. The molecule has 2 unspecified atom stereocenters. The van der Waals surface area contributed by atoms with Crippen molar-refractivity contribution >= 4 is 49.6 Å². The number of carbonyl (C=O) groups is 1. The Morgan fingerprint density at radius 1 is 1.19 bits per heavy atom. The average molecular weight is 538 g/mol. The third-order valence-corrected chi connectivity index (χ3v) is 8.94. The summed E-state index contributed by atoms with van der Waals surface area (Å²) >= 11 is 5.78. The van der Waals surface area contributed by atoms with E-state index in [0.717, 1.165) is 34.8 Å². The number of nitrogens with zero attached hydrogens (tertiary/aromatic N) is 3. The number of hydrogen-bond acceptors (Lipinski definition) is 7. The average Bonchev–Trinajstić information content (AvgIpc) is 3.40.